The predicted octanol–water partition coefficient (Wildman–Crippen LogP) is 23.3. The minimum Gasteiger partial charge on any atom is -0.462 e. The van der Waals surface area contributed by atoms with Gasteiger partial charge in [-0.3, -0.25) is 14.4 Å². The molecule has 0 aliphatic heterocycles. The molecule has 0 amide bonds. The van der Waals surface area contributed by atoms with Gasteiger partial charge in [-0.2, -0.15) is 0 Å². The first kappa shape index (κ1) is 76.5. The van der Waals surface area contributed by atoms with E-state index in [1.807, 2.05) is 0 Å². The molecular weight excluding hydrogens is 997 g/mol. The van der Waals surface area contributed by atoms with E-state index >= 15 is 0 Å². The van der Waals surface area contributed by atoms with Crippen LogP contribution in [0.2, 0.25) is 0 Å². The molecule has 0 saturated carbocycles. The lowest BCUT2D eigenvalue weighted by molar-refractivity contribution is -0.167. The van der Waals surface area contributed by atoms with Gasteiger partial charge in [0.2, 0.25) is 0 Å². The third kappa shape index (κ3) is 66.2. The van der Waals surface area contributed by atoms with E-state index in [-0.39, 0.29) is 31.1 Å². The Morgan fingerprint density at radius 1 is 0.259 bits per heavy atom. The SMILES string of the molecule is CC/C=C\C/C=C\C/C=C\C/C=C\C/C=C\C/C=C\C/C=C\CCCCCC(=O)OCC(COC(=O)CCCCC/C=C\C/C=C\C/C=C\CC)OC(=O)CCCCCCCCCCCCCCC/C=C\CCCCCCCCCC. The van der Waals surface area contributed by atoms with E-state index in [0.29, 0.717) is 19.3 Å². The molecule has 0 fully saturated rings. The molecule has 0 aliphatic carbocycles. The number of rotatable bonds is 60. The van der Waals surface area contributed by atoms with Crippen molar-refractivity contribution in [2.45, 2.75) is 309 Å². The Balaban J connectivity index is 4.40. The van der Waals surface area contributed by atoms with Crippen molar-refractivity contribution in [2.75, 3.05) is 13.2 Å². The molecule has 0 spiro atoms. The molecule has 0 N–H and O–H groups in total. The zero-order chi connectivity index (χ0) is 58.5. The van der Waals surface area contributed by atoms with E-state index in [0.717, 1.165) is 135 Å². The van der Waals surface area contributed by atoms with Gasteiger partial charge in [-0.1, -0.05) is 283 Å². The zero-order valence-electron chi connectivity index (χ0n) is 52.8. The fourth-order valence-corrected chi connectivity index (χ4v) is 9.14. The van der Waals surface area contributed by atoms with Gasteiger partial charge in [0.15, 0.2) is 6.10 Å². The summed E-state index contributed by atoms with van der Waals surface area (Å²) >= 11 is 0. The quantitative estimate of drug-likeness (QED) is 0.0261. The Morgan fingerprint density at radius 3 is 0.778 bits per heavy atom. The molecule has 1 unspecified atom stereocenters. The van der Waals surface area contributed by atoms with Crippen LogP contribution < -0.4 is 0 Å². The molecule has 0 aromatic heterocycles. The van der Waals surface area contributed by atoms with Crippen LogP contribution in [0.5, 0.6) is 0 Å². The van der Waals surface area contributed by atoms with Crippen molar-refractivity contribution in [3.8, 4) is 0 Å². The van der Waals surface area contributed by atoms with Gasteiger partial charge in [0, 0.05) is 19.3 Å². The molecule has 0 saturated heterocycles. The van der Waals surface area contributed by atoms with E-state index < -0.39 is 6.10 Å². The summed E-state index contributed by atoms with van der Waals surface area (Å²) in [5.41, 5.74) is 0. The second-order valence-electron chi connectivity index (χ2n) is 22.0. The fourth-order valence-electron chi connectivity index (χ4n) is 9.14. The molecule has 0 bridgehead atoms. The summed E-state index contributed by atoms with van der Waals surface area (Å²) in [6, 6.07) is 0. The minimum absolute atomic E-state index is 0.107. The van der Waals surface area contributed by atoms with Gasteiger partial charge in [0.25, 0.3) is 0 Å². The van der Waals surface area contributed by atoms with Gasteiger partial charge in [0.05, 0.1) is 0 Å². The van der Waals surface area contributed by atoms with Gasteiger partial charge in [-0.25, -0.2) is 0 Å². The van der Waals surface area contributed by atoms with Gasteiger partial charge < -0.3 is 14.2 Å². The van der Waals surface area contributed by atoms with Crippen LogP contribution in [-0.4, -0.2) is 37.2 Å². The summed E-state index contributed by atoms with van der Waals surface area (Å²) in [7, 11) is 0. The normalized spacial score (nSPS) is 13.0. The minimum atomic E-state index is -0.810. The van der Waals surface area contributed by atoms with Crippen molar-refractivity contribution in [3.05, 3.63) is 134 Å². The molecular formula is C75H124O6. The summed E-state index contributed by atoms with van der Waals surface area (Å²) in [6.45, 7) is 6.38. The standard InChI is InChI=1S/C75H124O6/c1-4-7-10-13-16-19-22-25-27-29-31-33-35-37-39-41-43-45-47-50-53-56-59-62-65-68-74(77)80-71-72(70-79-73(76)67-64-61-58-55-52-49-24-21-18-15-12-9-6-3)81-75(78)69-66-63-60-57-54-51-48-46-44-42-40-38-36-34-32-30-28-26-23-20-17-14-11-8-5-2/h7,9-10,12,16,18-19,21,25,27,30-33,37,39,43,45,49-50,52-53,72H,4-6,8,11,13-15,17,20,22-24,26,28-29,34-36,38,40-42,44,46-48,51,54-71H2,1-3H3/b10-7-,12-9-,19-16-,21-18-,27-25-,32-30-,33-31-,39-37-,45-43-,52-49-,53-50-. The summed E-state index contributed by atoms with van der Waals surface area (Å²) in [5, 5.41) is 0. The zero-order valence-corrected chi connectivity index (χ0v) is 52.8. The first-order valence-electron chi connectivity index (χ1n) is 33.7. The largest absolute Gasteiger partial charge is 0.462 e. The molecule has 0 aromatic carbocycles. The number of carbonyl (C=O) groups is 3. The highest BCUT2D eigenvalue weighted by molar-refractivity contribution is 5.71. The first-order valence-corrected chi connectivity index (χ1v) is 33.7. The molecule has 0 aromatic rings. The summed E-state index contributed by atoms with van der Waals surface area (Å²) in [4.78, 5) is 38.4. The number of unbranched alkanes of at least 4 members (excludes halogenated alkanes) is 27. The van der Waals surface area contributed by atoms with E-state index in [1.165, 1.54) is 128 Å². The number of allylic oxidation sites excluding steroid dienone is 22. The maximum Gasteiger partial charge on any atom is 0.306 e. The molecule has 6 heteroatoms. The van der Waals surface area contributed by atoms with Crippen molar-refractivity contribution >= 4 is 17.9 Å². The second-order valence-corrected chi connectivity index (χ2v) is 22.0. The van der Waals surface area contributed by atoms with Crippen LogP contribution in [0, 0.1) is 0 Å². The monoisotopic (exact) mass is 1120 g/mol. The number of ether oxygens (including phenoxy) is 3. The van der Waals surface area contributed by atoms with Crippen LogP contribution in [0.4, 0.5) is 0 Å². The van der Waals surface area contributed by atoms with E-state index in [4.69, 9.17) is 14.2 Å². The number of hydrogen-bond donors (Lipinski definition) is 0. The average Bonchev–Trinajstić information content (AvgIpc) is 3.46. The highest BCUT2D eigenvalue weighted by Crippen LogP contribution is 2.16. The van der Waals surface area contributed by atoms with E-state index in [1.54, 1.807) is 0 Å². The van der Waals surface area contributed by atoms with Crippen molar-refractivity contribution in [3.63, 3.8) is 0 Å². The van der Waals surface area contributed by atoms with Crippen LogP contribution in [0.15, 0.2) is 134 Å². The molecule has 0 rings (SSSR count). The fraction of sp³-hybridized carbons (Fsp3) is 0.667. The first-order chi connectivity index (χ1) is 40.0. The average molecular weight is 1120 g/mol. The van der Waals surface area contributed by atoms with Crippen LogP contribution >= 0.6 is 0 Å². The molecule has 0 aliphatic rings. The maximum absolute atomic E-state index is 12.9. The Labute approximate surface area is 500 Å². The number of esters is 3. The molecule has 0 heterocycles. The van der Waals surface area contributed by atoms with Gasteiger partial charge in [0.1, 0.15) is 13.2 Å². The van der Waals surface area contributed by atoms with Crippen LogP contribution in [0.1, 0.15) is 303 Å². The summed E-state index contributed by atoms with van der Waals surface area (Å²) in [6.07, 6.45) is 96.2. The number of hydrogen-bond acceptors (Lipinski definition) is 6. The maximum atomic E-state index is 12.9. The molecule has 81 heavy (non-hydrogen) atoms. The lowest BCUT2D eigenvalue weighted by Gasteiger charge is -2.18. The van der Waals surface area contributed by atoms with Gasteiger partial charge >= 0.3 is 17.9 Å². The lowest BCUT2D eigenvalue weighted by Crippen LogP contribution is -2.30. The van der Waals surface area contributed by atoms with Crippen LogP contribution in [0.25, 0.3) is 0 Å². The highest BCUT2D eigenvalue weighted by atomic mass is 16.6. The van der Waals surface area contributed by atoms with E-state index in [9.17, 15) is 14.4 Å². The smallest absolute Gasteiger partial charge is 0.306 e. The van der Waals surface area contributed by atoms with Crippen LogP contribution in [0.3, 0.4) is 0 Å². The molecule has 460 valence electrons. The van der Waals surface area contributed by atoms with Gasteiger partial charge in [-0.05, 0) is 135 Å². The van der Waals surface area contributed by atoms with E-state index in [2.05, 4.69) is 154 Å². The lowest BCUT2D eigenvalue weighted by atomic mass is 10.0. The van der Waals surface area contributed by atoms with Crippen molar-refractivity contribution in [2.24, 2.45) is 0 Å². The third-order valence-electron chi connectivity index (χ3n) is 14.1. The van der Waals surface area contributed by atoms with Crippen molar-refractivity contribution in [1.29, 1.82) is 0 Å². The predicted molar refractivity (Wildman–Crippen MR) is 353 cm³/mol. The van der Waals surface area contributed by atoms with Crippen LogP contribution in [-0.2, 0) is 28.6 Å². The Bertz CT molecular complexity index is 1720. The number of carbonyl (C=O) groups excluding carboxylic acids is 3. The molecule has 6 nitrogen and oxygen atoms in total. The van der Waals surface area contributed by atoms with Gasteiger partial charge in [-0.15, -0.1) is 0 Å². The summed E-state index contributed by atoms with van der Waals surface area (Å²) < 4.78 is 16.9. The Kier molecular flexibility index (Phi) is 64.3. The highest BCUT2D eigenvalue weighted by Gasteiger charge is 2.19. The Morgan fingerprint density at radius 2 is 0.481 bits per heavy atom. The molecule has 0 radical (unpaired) electrons. The summed E-state index contributed by atoms with van der Waals surface area (Å²) in [5.74, 6) is -0.962. The topological polar surface area (TPSA) is 78.9 Å². The Hall–Kier alpha value is -4.45. The second kappa shape index (κ2) is 68.1. The van der Waals surface area contributed by atoms with Crippen molar-refractivity contribution < 1.29 is 28.6 Å². The third-order valence-corrected chi connectivity index (χ3v) is 14.1. The molecule has 1 atom stereocenters. The van der Waals surface area contributed by atoms with Crippen molar-refractivity contribution in [1.82, 2.24) is 0 Å².